The molecule has 2 bridgehead atoms. The number of nitrogens with zero attached hydrogens (tertiary/aromatic N) is 3. The summed E-state index contributed by atoms with van der Waals surface area (Å²) in [5.41, 5.74) is 4.16. The van der Waals surface area contributed by atoms with Gasteiger partial charge in [-0.05, 0) is 36.8 Å². The van der Waals surface area contributed by atoms with E-state index in [1.54, 1.807) is 5.56 Å². The minimum absolute atomic E-state index is 0.401. The SMILES string of the molecule is CCNc1nc(C(C)C)cc(N2C[C@H]3CC[C@H]2c2ccccc23)n1. The molecule has 5 rings (SSSR count). The van der Waals surface area contributed by atoms with Gasteiger partial charge in [0.05, 0.1) is 11.7 Å². The van der Waals surface area contributed by atoms with Crippen LogP contribution in [0, 0.1) is 0 Å². The Labute approximate surface area is 144 Å². The summed E-state index contributed by atoms with van der Waals surface area (Å²) in [6.45, 7) is 8.39. The second-order valence-electron chi connectivity index (χ2n) is 7.23. The van der Waals surface area contributed by atoms with Crippen LogP contribution in [0.5, 0.6) is 0 Å². The lowest BCUT2D eigenvalue weighted by Gasteiger charge is -2.47. The third-order valence-corrected chi connectivity index (χ3v) is 5.33. The number of fused-ring (bicyclic) bond motifs is 2. The van der Waals surface area contributed by atoms with Crippen molar-refractivity contribution in [2.24, 2.45) is 0 Å². The van der Waals surface area contributed by atoms with Crippen LogP contribution in [-0.4, -0.2) is 23.1 Å². The standard InChI is InChI=1S/C20H26N4/c1-4-21-20-22-17(13(2)3)11-19(23-20)24-12-14-9-10-18(24)16-8-6-5-7-15(14)16/h5-8,11,13-14,18H,4,9-10,12H2,1-3H3,(H,21,22,23)/t14-,18+/m1/s1. The smallest absolute Gasteiger partial charge is 0.224 e. The number of aromatic nitrogens is 2. The zero-order chi connectivity index (χ0) is 16.7. The second-order valence-corrected chi connectivity index (χ2v) is 7.23. The lowest BCUT2D eigenvalue weighted by Crippen LogP contribution is -2.43. The van der Waals surface area contributed by atoms with Crippen LogP contribution in [0.4, 0.5) is 11.8 Å². The maximum Gasteiger partial charge on any atom is 0.224 e. The van der Waals surface area contributed by atoms with E-state index in [1.165, 1.54) is 18.4 Å². The third-order valence-electron chi connectivity index (χ3n) is 5.33. The molecule has 3 heterocycles. The summed E-state index contributed by atoms with van der Waals surface area (Å²) < 4.78 is 0. The molecule has 1 N–H and O–H groups in total. The molecule has 1 fully saturated rings. The Balaban J connectivity index is 1.75. The van der Waals surface area contributed by atoms with E-state index < -0.39 is 0 Å². The number of hydrogen-bond donors (Lipinski definition) is 1. The monoisotopic (exact) mass is 322 g/mol. The fourth-order valence-corrected chi connectivity index (χ4v) is 4.12. The largest absolute Gasteiger partial charge is 0.354 e. The van der Waals surface area contributed by atoms with Crippen LogP contribution in [0.2, 0.25) is 0 Å². The minimum atomic E-state index is 0.401. The molecule has 2 atom stereocenters. The summed E-state index contributed by atoms with van der Waals surface area (Å²) in [5, 5.41) is 3.30. The van der Waals surface area contributed by atoms with Gasteiger partial charge < -0.3 is 10.2 Å². The van der Waals surface area contributed by atoms with Crippen molar-refractivity contribution >= 4 is 11.8 Å². The van der Waals surface area contributed by atoms with Gasteiger partial charge in [0.1, 0.15) is 5.82 Å². The van der Waals surface area contributed by atoms with Crippen LogP contribution in [0.25, 0.3) is 0 Å². The van der Waals surface area contributed by atoms with Gasteiger partial charge in [0.25, 0.3) is 0 Å². The maximum absolute atomic E-state index is 4.82. The predicted molar refractivity (Wildman–Crippen MR) is 98.8 cm³/mol. The average molecular weight is 322 g/mol. The number of piperidine rings is 1. The molecule has 0 radical (unpaired) electrons. The molecule has 2 aliphatic heterocycles. The highest BCUT2D eigenvalue weighted by Gasteiger charge is 2.38. The van der Waals surface area contributed by atoms with E-state index in [1.807, 2.05) is 0 Å². The number of benzene rings is 1. The van der Waals surface area contributed by atoms with Gasteiger partial charge in [0.15, 0.2) is 0 Å². The van der Waals surface area contributed by atoms with E-state index in [0.29, 0.717) is 17.9 Å². The van der Waals surface area contributed by atoms with E-state index in [-0.39, 0.29) is 0 Å². The van der Waals surface area contributed by atoms with Gasteiger partial charge in [-0.3, -0.25) is 0 Å². The summed E-state index contributed by atoms with van der Waals surface area (Å²) >= 11 is 0. The molecule has 1 aliphatic carbocycles. The van der Waals surface area contributed by atoms with Gasteiger partial charge in [-0.25, -0.2) is 4.98 Å². The Morgan fingerprint density at radius 2 is 1.96 bits per heavy atom. The molecule has 0 saturated carbocycles. The van der Waals surface area contributed by atoms with E-state index in [2.05, 4.69) is 66.3 Å². The van der Waals surface area contributed by atoms with Gasteiger partial charge in [0.2, 0.25) is 5.95 Å². The Kier molecular flexibility index (Phi) is 3.91. The van der Waals surface area contributed by atoms with E-state index in [9.17, 15) is 0 Å². The highest BCUT2D eigenvalue weighted by Crippen LogP contribution is 2.48. The molecule has 4 heteroatoms. The molecular weight excluding hydrogens is 296 g/mol. The Bertz CT molecular complexity index is 740. The molecule has 0 spiro atoms. The van der Waals surface area contributed by atoms with Crippen molar-refractivity contribution < 1.29 is 0 Å². The fraction of sp³-hybridized carbons (Fsp3) is 0.500. The van der Waals surface area contributed by atoms with Crippen molar-refractivity contribution in [1.29, 1.82) is 0 Å². The number of hydrogen-bond acceptors (Lipinski definition) is 4. The predicted octanol–water partition coefficient (Wildman–Crippen LogP) is 4.47. The zero-order valence-corrected chi connectivity index (χ0v) is 14.8. The highest BCUT2D eigenvalue weighted by molar-refractivity contribution is 5.53. The van der Waals surface area contributed by atoms with Crippen molar-refractivity contribution in [2.45, 2.75) is 51.5 Å². The van der Waals surface area contributed by atoms with Crippen molar-refractivity contribution in [3.05, 3.63) is 47.2 Å². The van der Waals surface area contributed by atoms with Gasteiger partial charge in [-0.1, -0.05) is 38.1 Å². The number of rotatable bonds is 4. The van der Waals surface area contributed by atoms with Crippen LogP contribution < -0.4 is 10.2 Å². The van der Waals surface area contributed by atoms with Crippen molar-refractivity contribution in [3.8, 4) is 0 Å². The molecule has 24 heavy (non-hydrogen) atoms. The van der Waals surface area contributed by atoms with Crippen LogP contribution >= 0.6 is 0 Å². The summed E-state index contributed by atoms with van der Waals surface area (Å²) in [6, 6.07) is 11.6. The first-order chi connectivity index (χ1) is 11.7. The summed E-state index contributed by atoms with van der Waals surface area (Å²) in [6.07, 6.45) is 2.51. The summed E-state index contributed by atoms with van der Waals surface area (Å²) in [7, 11) is 0. The first-order valence-corrected chi connectivity index (χ1v) is 9.15. The van der Waals surface area contributed by atoms with Crippen LogP contribution in [0.3, 0.4) is 0 Å². The highest BCUT2D eigenvalue weighted by atomic mass is 15.3. The number of anilines is 2. The van der Waals surface area contributed by atoms with Gasteiger partial charge in [-0.2, -0.15) is 4.98 Å². The quantitative estimate of drug-likeness (QED) is 0.901. The number of nitrogens with one attached hydrogen (secondary N) is 1. The van der Waals surface area contributed by atoms with E-state index >= 15 is 0 Å². The fourth-order valence-electron chi connectivity index (χ4n) is 4.12. The minimum Gasteiger partial charge on any atom is -0.354 e. The van der Waals surface area contributed by atoms with E-state index in [0.717, 1.165) is 30.5 Å². The van der Waals surface area contributed by atoms with Crippen LogP contribution in [-0.2, 0) is 0 Å². The van der Waals surface area contributed by atoms with Crippen molar-refractivity contribution in [1.82, 2.24) is 9.97 Å². The molecule has 3 aliphatic rings. The van der Waals surface area contributed by atoms with Crippen LogP contribution in [0.1, 0.15) is 68.3 Å². The topological polar surface area (TPSA) is 41.1 Å². The summed E-state index contributed by atoms with van der Waals surface area (Å²) in [5.74, 6) is 2.87. The van der Waals surface area contributed by atoms with Crippen LogP contribution in [0.15, 0.2) is 30.3 Å². The summed E-state index contributed by atoms with van der Waals surface area (Å²) in [4.78, 5) is 12.0. The molecule has 2 aromatic rings. The normalized spacial score (nSPS) is 21.9. The molecule has 0 unspecified atom stereocenters. The molecule has 1 aromatic carbocycles. The molecular formula is C20H26N4. The van der Waals surface area contributed by atoms with Gasteiger partial charge >= 0.3 is 0 Å². The first kappa shape index (κ1) is 15.4. The Morgan fingerprint density at radius 3 is 2.71 bits per heavy atom. The molecule has 1 saturated heterocycles. The molecule has 126 valence electrons. The van der Waals surface area contributed by atoms with Crippen molar-refractivity contribution in [3.63, 3.8) is 0 Å². The maximum atomic E-state index is 4.82. The Hall–Kier alpha value is -2.10. The van der Waals surface area contributed by atoms with Gasteiger partial charge in [0, 0.05) is 25.1 Å². The molecule has 0 amide bonds. The first-order valence-electron chi connectivity index (χ1n) is 9.15. The Morgan fingerprint density at radius 1 is 1.17 bits per heavy atom. The third kappa shape index (κ3) is 2.54. The molecule has 4 nitrogen and oxygen atoms in total. The average Bonchev–Trinajstić information content (AvgIpc) is 2.62. The zero-order valence-electron chi connectivity index (χ0n) is 14.8. The lowest BCUT2D eigenvalue weighted by molar-refractivity contribution is 0.387. The lowest BCUT2D eigenvalue weighted by atomic mass is 9.75. The van der Waals surface area contributed by atoms with Gasteiger partial charge in [-0.15, -0.1) is 0 Å². The van der Waals surface area contributed by atoms with E-state index in [4.69, 9.17) is 4.98 Å². The molecule has 1 aromatic heterocycles. The second kappa shape index (κ2) is 6.08. The van der Waals surface area contributed by atoms with Crippen molar-refractivity contribution in [2.75, 3.05) is 23.3 Å².